The molecular formula is C9H8N4O4. The van der Waals surface area contributed by atoms with Gasteiger partial charge < -0.3 is 10.2 Å². The van der Waals surface area contributed by atoms with Crippen molar-refractivity contribution >= 4 is 17.6 Å². The first kappa shape index (κ1) is 12.3. The van der Waals surface area contributed by atoms with Crippen molar-refractivity contribution in [2.75, 3.05) is 0 Å². The molecule has 0 saturated carbocycles. The van der Waals surface area contributed by atoms with Crippen molar-refractivity contribution < 1.29 is 19.8 Å². The van der Waals surface area contributed by atoms with E-state index in [1.807, 2.05) is 12.1 Å². The third-order valence-electron chi connectivity index (χ3n) is 1.45. The molecule has 2 N–H and O–H groups in total. The van der Waals surface area contributed by atoms with Crippen LogP contribution in [0.15, 0.2) is 36.8 Å². The molecule has 0 amide bonds. The Morgan fingerprint density at radius 3 is 2.41 bits per heavy atom. The van der Waals surface area contributed by atoms with Gasteiger partial charge in [0.05, 0.1) is 0 Å². The molecule has 2 heterocycles. The Morgan fingerprint density at radius 2 is 1.88 bits per heavy atom. The summed E-state index contributed by atoms with van der Waals surface area (Å²) >= 11 is 0. The van der Waals surface area contributed by atoms with Crippen molar-refractivity contribution in [3.05, 3.63) is 36.8 Å². The Bertz CT molecular complexity index is 502. The molecule has 0 saturated heterocycles. The van der Waals surface area contributed by atoms with Crippen LogP contribution in [-0.2, 0) is 9.59 Å². The van der Waals surface area contributed by atoms with Gasteiger partial charge in [-0.2, -0.15) is 5.10 Å². The average Bonchev–Trinajstić information content (AvgIpc) is 2.75. The van der Waals surface area contributed by atoms with Gasteiger partial charge in [-0.05, 0) is 12.1 Å². The van der Waals surface area contributed by atoms with E-state index < -0.39 is 11.9 Å². The molecule has 0 radical (unpaired) electrons. The first-order valence-electron chi connectivity index (χ1n) is 4.34. The van der Waals surface area contributed by atoms with E-state index >= 15 is 0 Å². The lowest BCUT2D eigenvalue weighted by Gasteiger charge is -1.83. The molecular weight excluding hydrogens is 228 g/mol. The maximum Gasteiger partial charge on any atom is 0.328 e. The Kier molecular flexibility index (Phi) is 4.31. The third kappa shape index (κ3) is 4.51. The van der Waals surface area contributed by atoms with Gasteiger partial charge in [-0.25, -0.2) is 14.1 Å². The SMILES string of the molecule is O=C(O)C=CC(=O)O.c1cnn2cnnc2c1. The highest BCUT2D eigenvalue weighted by molar-refractivity contribution is 5.89. The van der Waals surface area contributed by atoms with Gasteiger partial charge in [-0.15, -0.1) is 10.2 Å². The predicted octanol–water partition coefficient (Wildman–Crippen LogP) is -0.164. The highest BCUT2D eigenvalue weighted by atomic mass is 16.4. The number of fused-ring (bicyclic) bond motifs is 1. The number of aromatic nitrogens is 4. The average molecular weight is 236 g/mol. The van der Waals surface area contributed by atoms with Crippen molar-refractivity contribution in [3.63, 3.8) is 0 Å². The highest BCUT2D eigenvalue weighted by Crippen LogP contribution is 1.90. The molecule has 0 aliphatic heterocycles. The number of aliphatic carboxylic acids is 2. The molecule has 8 heteroatoms. The second-order valence-corrected chi connectivity index (χ2v) is 2.67. The molecule has 0 aliphatic carbocycles. The summed E-state index contributed by atoms with van der Waals surface area (Å²) in [5.41, 5.74) is 0.775. The fraction of sp³-hybridized carbons (Fsp3) is 0. The van der Waals surface area contributed by atoms with Crippen LogP contribution in [-0.4, -0.2) is 42.0 Å². The topological polar surface area (TPSA) is 118 Å². The van der Waals surface area contributed by atoms with Crippen LogP contribution in [0.1, 0.15) is 0 Å². The molecule has 0 aliphatic rings. The van der Waals surface area contributed by atoms with Crippen LogP contribution >= 0.6 is 0 Å². The summed E-state index contributed by atoms with van der Waals surface area (Å²) in [6, 6.07) is 3.67. The molecule has 0 fully saturated rings. The van der Waals surface area contributed by atoms with Crippen LogP contribution in [0.4, 0.5) is 0 Å². The van der Waals surface area contributed by atoms with Crippen molar-refractivity contribution in [2.45, 2.75) is 0 Å². The first-order chi connectivity index (χ1) is 8.09. The van der Waals surface area contributed by atoms with Gasteiger partial charge in [0, 0.05) is 18.3 Å². The summed E-state index contributed by atoms with van der Waals surface area (Å²) in [5.74, 6) is -2.51. The maximum atomic E-state index is 9.55. The minimum absolute atomic E-state index is 0.558. The zero-order valence-electron chi connectivity index (χ0n) is 8.46. The molecule has 0 unspecified atom stereocenters. The third-order valence-corrected chi connectivity index (χ3v) is 1.45. The molecule has 0 bridgehead atoms. The number of carboxylic acid groups (broad SMARTS) is 2. The summed E-state index contributed by atoms with van der Waals surface area (Å²) in [5, 5.41) is 27.0. The molecule has 0 atom stereocenters. The van der Waals surface area contributed by atoms with Crippen molar-refractivity contribution in [2.24, 2.45) is 0 Å². The molecule has 0 aromatic carbocycles. The van der Waals surface area contributed by atoms with Crippen LogP contribution in [0.3, 0.4) is 0 Å². The van der Waals surface area contributed by atoms with E-state index in [1.165, 1.54) is 0 Å². The van der Waals surface area contributed by atoms with E-state index in [0.717, 1.165) is 5.65 Å². The number of hydrogen-bond donors (Lipinski definition) is 2. The summed E-state index contributed by atoms with van der Waals surface area (Å²) in [6.45, 7) is 0. The number of hydrogen-bond acceptors (Lipinski definition) is 5. The molecule has 2 aromatic heterocycles. The minimum atomic E-state index is -1.26. The Balaban J connectivity index is 0.000000172. The van der Waals surface area contributed by atoms with Crippen molar-refractivity contribution in [3.8, 4) is 0 Å². The normalized spacial score (nSPS) is 9.88. The summed E-state index contributed by atoms with van der Waals surface area (Å²) < 4.78 is 1.61. The smallest absolute Gasteiger partial charge is 0.328 e. The van der Waals surface area contributed by atoms with Crippen molar-refractivity contribution in [1.82, 2.24) is 19.8 Å². The Hall–Kier alpha value is -2.77. The number of carboxylic acids is 2. The fourth-order valence-corrected chi connectivity index (χ4v) is 0.820. The zero-order valence-corrected chi connectivity index (χ0v) is 8.46. The molecule has 17 heavy (non-hydrogen) atoms. The number of rotatable bonds is 2. The number of carbonyl (C=O) groups is 2. The summed E-state index contributed by atoms with van der Waals surface area (Å²) in [7, 11) is 0. The quantitative estimate of drug-likeness (QED) is 0.695. The molecule has 0 spiro atoms. The van der Waals surface area contributed by atoms with Gasteiger partial charge in [-0.3, -0.25) is 0 Å². The van der Waals surface area contributed by atoms with Gasteiger partial charge >= 0.3 is 11.9 Å². The summed E-state index contributed by atoms with van der Waals surface area (Å²) in [4.78, 5) is 19.1. The summed E-state index contributed by atoms with van der Waals surface area (Å²) in [6.07, 6.45) is 4.37. The van der Waals surface area contributed by atoms with Gasteiger partial charge in [0.25, 0.3) is 0 Å². The second-order valence-electron chi connectivity index (χ2n) is 2.67. The molecule has 88 valence electrons. The van der Waals surface area contributed by atoms with E-state index in [0.29, 0.717) is 12.2 Å². The van der Waals surface area contributed by atoms with Crippen LogP contribution in [0, 0.1) is 0 Å². The van der Waals surface area contributed by atoms with E-state index in [9.17, 15) is 9.59 Å². The van der Waals surface area contributed by atoms with Gasteiger partial charge in [0.1, 0.15) is 6.33 Å². The lowest BCUT2D eigenvalue weighted by Crippen LogP contribution is -1.91. The number of nitrogens with zero attached hydrogens (tertiary/aromatic N) is 4. The Morgan fingerprint density at radius 1 is 1.24 bits per heavy atom. The van der Waals surface area contributed by atoms with Crippen LogP contribution in [0.5, 0.6) is 0 Å². The maximum absolute atomic E-state index is 9.55. The Labute approximate surface area is 94.8 Å². The van der Waals surface area contributed by atoms with E-state index in [4.69, 9.17) is 10.2 Å². The van der Waals surface area contributed by atoms with E-state index in [2.05, 4.69) is 15.3 Å². The van der Waals surface area contributed by atoms with E-state index in [-0.39, 0.29) is 0 Å². The van der Waals surface area contributed by atoms with Gasteiger partial charge in [0.15, 0.2) is 5.65 Å². The van der Waals surface area contributed by atoms with Gasteiger partial charge in [0.2, 0.25) is 0 Å². The van der Waals surface area contributed by atoms with Crippen LogP contribution < -0.4 is 0 Å². The fourth-order valence-electron chi connectivity index (χ4n) is 0.820. The molecule has 8 nitrogen and oxygen atoms in total. The zero-order chi connectivity index (χ0) is 12.7. The lowest BCUT2D eigenvalue weighted by molar-refractivity contribution is -0.134. The largest absolute Gasteiger partial charge is 0.478 e. The van der Waals surface area contributed by atoms with E-state index in [1.54, 1.807) is 17.0 Å². The standard InChI is InChI=1S/C5H4N4.C4H4O4/c1-2-5-8-6-4-9(5)7-3-1;5-3(6)1-2-4(7)8/h1-4H;1-2H,(H,5,6)(H,7,8). The highest BCUT2D eigenvalue weighted by Gasteiger charge is 1.89. The predicted molar refractivity (Wildman–Crippen MR) is 55.2 cm³/mol. The van der Waals surface area contributed by atoms with Crippen LogP contribution in [0.25, 0.3) is 5.65 Å². The lowest BCUT2D eigenvalue weighted by atomic mass is 10.5. The molecule has 2 rings (SSSR count). The minimum Gasteiger partial charge on any atom is -0.478 e. The van der Waals surface area contributed by atoms with Crippen molar-refractivity contribution in [1.29, 1.82) is 0 Å². The monoisotopic (exact) mass is 236 g/mol. The second kappa shape index (κ2) is 5.95. The van der Waals surface area contributed by atoms with Gasteiger partial charge in [-0.1, -0.05) is 0 Å². The van der Waals surface area contributed by atoms with Crippen LogP contribution in [0.2, 0.25) is 0 Å². The molecule has 2 aromatic rings. The first-order valence-corrected chi connectivity index (χ1v) is 4.34.